The molecule has 1 aromatic rings. The van der Waals surface area contributed by atoms with Gasteiger partial charge in [0.05, 0.1) is 30.8 Å². The van der Waals surface area contributed by atoms with Crippen LogP contribution in [0.15, 0.2) is 29.2 Å². The number of rotatable bonds is 6. The summed E-state index contributed by atoms with van der Waals surface area (Å²) in [5.74, 6) is 0. The summed E-state index contributed by atoms with van der Waals surface area (Å²) in [4.78, 5) is 0.245. The van der Waals surface area contributed by atoms with Crippen molar-refractivity contribution in [2.45, 2.75) is 17.4 Å². The molecule has 1 unspecified atom stereocenters. The average molecular weight is 300 g/mol. The summed E-state index contributed by atoms with van der Waals surface area (Å²) < 4.78 is 37.4. The van der Waals surface area contributed by atoms with Crippen LogP contribution in [0.4, 0.5) is 0 Å². The van der Waals surface area contributed by atoms with E-state index in [0.29, 0.717) is 26.4 Å². The summed E-state index contributed by atoms with van der Waals surface area (Å²) in [5.41, 5.74) is 6.48. The number of benzene rings is 1. The van der Waals surface area contributed by atoms with Crippen LogP contribution >= 0.6 is 0 Å². The maximum atomic E-state index is 12.1. The van der Waals surface area contributed by atoms with Crippen LogP contribution < -0.4 is 10.5 Å². The standard InChI is InChI=1S/C13H20N2O4S/c14-6-5-11-1-3-13(4-2-11)20(16,17)15-9-12-10-18-7-8-19-12/h1-4,12,15H,5-10,14H2. The van der Waals surface area contributed by atoms with Crippen LogP contribution in [0.3, 0.4) is 0 Å². The lowest BCUT2D eigenvalue weighted by molar-refractivity contribution is -0.0846. The van der Waals surface area contributed by atoms with Crippen molar-refractivity contribution in [1.29, 1.82) is 0 Å². The molecule has 1 fully saturated rings. The topological polar surface area (TPSA) is 90.7 Å². The van der Waals surface area contributed by atoms with E-state index in [1.165, 1.54) is 0 Å². The Balaban J connectivity index is 1.94. The molecule has 0 aliphatic carbocycles. The number of nitrogens with one attached hydrogen (secondary N) is 1. The van der Waals surface area contributed by atoms with Gasteiger partial charge >= 0.3 is 0 Å². The highest BCUT2D eigenvalue weighted by Gasteiger charge is 2.19. The molecule has 0 amide bonds. The third-order valence-electron chi connectivity index (χ3n) is 3.05. The quantitative estimate of drug-likeness (QED) is 0.764. The summed E-state index contributed by atoms with van der Waals surface area (Å²) in [5, 5.41) is 0. The van der Waals surface area contributed by atoms with E-state index in [4.69, 9.17) is 15.2 Å². The number of nitrogens with two attached hydrogens (primary N) is 1. The second-order valence-corrected chi connectivity index (χ2v) is 6.37. The molecule has 3 N–H and O–H groups in total. The normalized spacial score (nSPS) is 19.9. The molecule has 0 aromatic heterocycles. The molecule has 0 spiro atoms. The first-order valence-electron chi connectivity index (χ1n) is 6.60. The Labute approximate surface area is 119 Å². The lowest BCUT2D eigenvalue weighted by Gasteiger charge is -2.23. The first kappa shape index (κ1) is 15.4. The highest BCUT2D eigenvalue weighted by molar-refractivity contribution is 7.89. The van der Waals surface area contributed by atoms with Crippen LogP contribution in [0, 0.1) is 0 Å². The van der Waals surface area contributed by atoms with Crippen molar-refractivity contribution >= 4 is 10.0 Å². The zero-order valence-electron chi connectivity index (χ0n) is 11.2. The Morgan fingerprint density at radius 2 is 2.00 bits per heavy atom. The van der Waals surface area contributed by atoms with E-state index in [1.807, 2.05) is 0 Å². The maximum Gasteiger partial charge on any atom is 0.240 e. The molecule has 1 aromatic carbocycles. The number of hydrogen-bond acceptors (Lipinski definition) is 5. The van der Waals surface area contributed by atoms with Crippen LogP contribution in [0.1, 0.15) is 5.56 Å². The minimum absolute atomic E-state index is 0.215. The van der Waals surface area contributed by atoms with Gasteiger partial charge in [0.1, 0.15) is 0 Å². The fourth-order valence-corrected chi connectivity index (χ4v) is 3.01. The molecule has 1 aliphatic rings. The molecular formula is C13H20N2O4S. The van der Waals surface area contributed by atoms with Crippen molar-refractivity contribution in [2.24, 2.45) is 5.73 Å². The van der Waals surface area contributed by atoms with Gasteiger partial charge in [0, 0.05) is 6.54 Å². The van der Waals surface area contributed by atoms with E-state index in [-0.39, 0.29) is 17.5 Å². The molecular weight excluding hydrogens is 280 g/mol. The number of sulfonamides is 1. The monoisotopic (exact) mass is 300 g/mol. The van der Waals surface area contributed by atoms with Gasteiger partial charge in [-0.3, -0.25) is 0 Å². The SMILES string of the molecule is NCCc1ccc(S(=O)(=O)NCC2COCCO2)cc1. The second kappa shape index (κ2) is 7.14. The first-order valence-corrected chi connectivity index (χ1v) is 8.08. The van der Waals surface area contributed by atoms with Crippen molar-refractivity contribution in [3.63, 3.8) is 0 Å². The zero-order valence-corrected chi connectivity index (χ0v) is 12.1. The Hall–Kier alpha value is -0.990. The fraction of sp³-hybridized carbons (Fsp3) is 0.538. The van der Waals surface area contributed by atoms with Crippen molar-refractivity contribution in [3.8, 4) is 0 Å². The summed E-state index contributed by atoms with van der Waals surface area (Å²) in [6.45, 7) is 2.24. The molecule has 6 nitrogen and oxygen atoms in total. The molecule has 1 saturated heterocycles. The summed E-state index contributed by atoms with van der Waals surface area (Å²) in [6, 6.07) is 6.74. The average Bonchev–Trinajstić information content (AvgIpc) is 2.47. The lowest BCUT2D eigenvalue weighted by Crippen LogP contribution is -2.39. The van der Waals surface area contributed by atoms with Gasteiger partial charge in [-0.1, -0.05) is 12.1 Å². The Morgan fingerprint density at radius 1 is 1.25 bits per heavy atom. The van der Waals surface area contributed by atoms with Crippen molar-refractivity contribution < 1.29 is 17.9 Å². The Bertz CT molecular complexity index is 510. The molecule has 7 heteroatoms. The van der Waals surface area contributed by atoms with Crippen LogP contribution in [0.25, 0.3) is 0 Å². The fourth-order valence-electron chi connectivity index (χ4n) is 1.94. The summed E-state index contributed by atoms with van der Waals surface area (Å²) >= 11 is 0. The lowest BCUT2D eigenvalue weighted by atomic mass is 10.2. The van der Waals surface area contributed by atoms with E-state index >= 15 is 0 Å². The first-order chi connectivity index (χ1) is 9.62. The largest absolute Gasteiger partial charge is 0.376 e. The Morgan fingerprint density at radius 3 is 2.60 bits per heavy atom. The molecule has 2 rings (SSSR count). The van der Waals surface area contributed by atoms with Gasteiger partial charge in [0.2, 0.25) is 10.0 Å². The van der Waals surface area contributed by atoms with Gasteiger partial charge < -0.3 is 15.2 Å². The van der Waals surface area contributed by atoms with Gasteiger partial charge in [0.15, 0.2) is 0 Å². The van der Waals surface area contributed by atoms with Crippen molar-refractivity contribution in [3.05, 3.63) is 29.8 Å². The van der Waals surface area contributed by atoms with Crippen LogP contribution in [0.5, 0.6) is 0 Å². The maximum absolute atomic E-state index is 12.1. The number of hydrogen-bond donors (Lipinski definition) is 2. The smallest absolute Gasteiger partial charge is 0.240 e. The molecule has 0 radical (unpaired) electrons. The van der Waals surface area contributed by atoms with E-state index in [0.717, 1.165) is 12.0 Å². The minimum Gasteiger partial charge on any atom is -0.376 e. The minimum atomic E-state index is -3.51. The van der Waals surface area contributed by atoms with Crippen LogP contribution in [0.2, 0.25) is 0 Å². The predicted octanol–water partition coefficient (Wildman–Crippen LogP) is -0.118. The molecule has 1 aliphatic heterocycles. The van der Waals surface area contributed by atoms with Gasteiger partial charge in [-0.2, -0.15) is 0 Å². The van der Waals surface area contributed by atoms with Gasteiger partial charge in [0.25, 0.3) is 0 Å². The van der Waals surface area contributed by atoms with Gasteiger partial charge in [-0.15, -0.1) is 0 Å². The molecule has 1 heterocycles. The predicted molar refractivity (Wildman–Crippen MR) is 74.9 cm³/mol. The van der Waals surface area contributed by atoms with Crippen LogP contribution in [-0.2, 0) is 25.9 Å². The highest BCUT2D eigenvalue weighted by atomic mass is 32.2. The van der Waals surface area contributed by atoms with Crippen LogP contribution in [-0.4, -0.2) is 47.4 Å². The van der Waals surface area contributed by atoms with E-state index < -0.39 is 10.0 Å². The highest BCUT2D eigenvalue weighted by Crippen LogP contribution is 2.11. The Kier molecular flexibility index (Phi) is 5.50. The molecule has 20 heavy (non-hydrogen) atoms. The zero-order chi connectivity index (χ0) is 14.4. The van der Waals surface area contributed by atoms with Crippen molar-refractivity contribution in [1.82, 2.24) is 4.72 Å². The number of ether oxygens (including phenoxy) is 2. The third-order valence-corrected chi connectivity index (χ3v) is 4.49. The molecule has 0 bridgehead atoms. The third kappa shape index (κ3) is 4.26. The second-order valence-electron chi connectivity index (χ2n) is 4.60. The molecule has 1 atom stereocenters. The summed E-state index contributed by atoms with van der Waals surface area (Å²) in [7, 11) is -3.51. The molecule has 0 saturated carbocycles. The van der Waals surface area contributed by atoms with E-state index in [2.05, 4.69) is 4.72 Å². The van der Waals surface area contributed by atoms with Crippen molar-refractivity contribution in [2.75, 3.05) is 32.9 Å². The molecule has 112 valence electrons. The summed E-state index contributed by atoms with van der Waals surface area (Å²) in [6.07, 6.45) is 0.510. The van der Waals surface area contributed by atoms with Gasteiger partial charge in [-0.05, 0) is 30.7 Å². The van der Waals surface area contributed by atoms with E-state index in [9.17, 15) is 8.42 Å². The van der Waals surface area contributed by atoms with E-state index in [1.54, 1.807) is 24.3 Å². The van der Waals surface area contributed by atoms with Gasteiger partial charge in [-0.25, -0.2) is 13.1 Å².